The Morgan fingerprint density at radius 3 is 2.46 bits per heavy atom. The van der Waals surface area contributed by atoms with Crippen molar-refractivity contribution < 1.29 is 19.1 Å². The lowest BCUT2D eigenvalue weighted by Gasteiger charge is -2.42. The smallest absolute Gasteiger partial charge is 0.333 e. The van der Waals surface area contributed by atoms with E-state index < -0.39 is 0 Å². The van der Waals surface area contributed by atoms with E-state index in [-0.39, 0.29) is 17.4 Å². The van der Waals surface area contributed by atoms with Gasteiger partial charge in [-0.2, -0.15) is 0 Å². The largest absolute Gasteiger partial charge is 0.462 e. The van der Waals surface area contributed by atoms with Crippen LogP contribution in [0.1, 0.15) is 59.3 Å². The lowest BCUT2D eigenvalue weighted by atomic mass is 9.63. The van der Waals surface area contributed by atoms with Gasteiger partial charge in [0, 0.05) is 16.6 Å². The molecule has 0 spiro atoms. The lowest BCUT2D eigenvalue weighted by Crippen LogP contribution is -2.34. The van der Waals surface area contributed by atoms with E-state index in [1.54, 1.807) is 13.8 Å². The van der Waals surface area contributed by atoms with E-state index >= 15 is 0 Å². The molecule has 0 aromatic heterocycles. The summed E-state index contributed by atoms with van der Waals surface area (Å²) >= 11 is 0. The summed E-state index contributed by atoms with van der Waals surface area (Å²) in [6.07, 6.45) is 9.20. The highest BCUT2D eigenvalue weighted by Gasteiger charge is 2.43. The van der Waals surface area contributed by atoms with Gasteiger partial charge < -0.3 is 9.47 Å². The van der Waals surface area contributed by atoms with Gasteiger partial charge in [0.05, 0.1) is 13.2 Å². The van der Waals surface area contributed by atoms with Crippen LogP contribution in [0, 0.1) is 29.1 Å². The minimum absolute atomic E-state index is 0.00884. The molecule has 0 N–H and O–H groups in total. The van der Waals surface area contributed by atoms with Crippen molar-refractivity contribution in [2.24, 2.45) is 29.1 Å². The SMILES string of the molecule is C=C(C)C(=O)OCC1CC2CC(C1)C1C=C2CC(C)(COC(=O)C(=C)C)CC1. The van der Waals surface area contributed by atoms with Gasteiger partial charge in [0.15, 0.2) is 0 Å². The van der Waals surface area contributed by atoms with E-state index in [9.17, 15) is 9.59 Å². The summed E-state index contributed by atoms with van der Waals surface area (Å²) in [5.41, 5.74) is 2.44. The van der Waals surface area contributed by atoms with Gasteiger partial charge in [-0.25, -0.2) is 9.59 Å². The van der Waals surface area contributed by atoms with Crippen LogP contribution in [0.25, 0.3) is 0 Å². The highest BCUT2D eigenvalue weighted by molar-refractivity contribution is 5.87. The molecule has 154 valence electrons. The highest BCUT2D eigenvalue weighted by Crippen LogP contribution is 2.52. The third kappa shape index (κ3) is 4.76. The molecule has 0 heterocycles. The first-order valence-electron chi connectivity index (χ1n) is 10.5. The first-order valence-corrected chi connectivity index (χ1v) is 10.5. The molecule has 3 aliphatic carbocycles. The molecule has 1 fully saturated rings. The van der Waals surface area contributed by atoms with Crippen molar-refractivity contribution in [3.05, 3.63) is 36.0 Å². The second-order valence-corrected chi connectivity index (χ2v) is 9.70. The maximum Gasteiger partial charge on any atom is 0.333 e. The van der Waals surface area contributed by atoms with E-state index in [2.05, 4.69) is 26.2 Å². The van der Waals surface area contributed by atoms with Crippen molar-refractivity contribution in [3.8, 4) is 0 Å². The maximum absolute atomic E-state index is 11.9. The van der Waals surface area contributed by atoms with Crippen molar-refractivity contribution >= 4 is 11.9 Å². The van der Waals surface area contributed by atoms with Gasteiger partial charge in [-0.05, 0) is 76.0 Å². The van der Waals surface area contributed by atoms with E-state index in [1.807, 2.05) is 0 Å². The molecule has 28 heavy (non-hydrogen) atoms. The fourth-order valence-electron chi connectivity index (χ4n) is 5.24. The third-order valence-corrected chi connectivity index (χ3v) is 6.81. The molecule has 1 saturated carbocycles. The molecule has 4 heteroatoms. The molecule has 0 saturated heterocycles. The van der Waals surface area contributed by atoms with Gasteiger partial charge in [-0.1, -0.05) is 31.7 Å². The molecule has 3 aliphatic rings. The molecule has 5 unspecified atom stereocenters. The number of hydrogen-bond acceptors (Lipinski definition) is 4. The first kappa shape index (κ1) is 20.9. The zero-order valence-corrected chi connectivity index (χ0v) is 17.6. The Morgan fingerprint density at radius 1 is 1.11 bits per heavy atom. The Kier molecular flexibility index (Phi) is 6.16. The second-order valence-electron chi connectivity index (χ2n) is 9.70. The fourth-order valence-corrected chi connectivity index (χ4v) is 5.24. The topological polar surface area (TPSA) is 52.6 Å². The Balaban J connectivity index is 1.64. The molecule has 3 rings (SSSR count). The fraction of sp³-hybridized carbons (Fsp3) is 0.667. The first-order chi connectivity index (χ1) is 13.2. The average molecular weight is 387 g/mol. The molecule has 0 amide bonds. The molecular formula is C24H34O4. The van der Waals surface area contributed by atoms with Crippen molar-refractivity contribution in [1.82, 2.24) is 0 Å². The van der Waals surface area contributed by atoms with Gasteiger partial charge in [0.2, 0.25) is 0 Å². The molecule has 0 aromatic carbocycles. The van der Waals surface area contributed by atoms with Crippen LogP contribution < -0.4 is 0 Å². The summed E-state index contributed by atoms with van der Waals surface area (Å²) in [6, 6.07) is 0. The van der Waals surface area contributed by atoms with Crippen LogP contribution in [0.4, 0.5) is 0 Å². The zero-order chi connectivity index (χ0) is 20.5. The average Bonchev–Trinajstić information content (AvgIpc) is 2.81. The summed E-state index contributed by atoms with van der Waals surface area (Å²) in [5, 5.41) is 0. The number of carbonyl (C=O) groups is 2. The van der Waals surface area contributed by atoms with Crippen LogP contribution in [0.2, 0.25) is 0 Å². The van der Waals surface area contributed by atoms with Gasteiger partial charge in [-0.15, -0.1) is 0 Å². The second kappa shape index (κ2) is 8.26. The molecule has 0 radical (unpaired) electrons. The van der Waals surface area contributed by atoms with E-state index in [1.165, 1.54) is 12.0 Å². The van der Waals surface area contributed by atoms with Crippen molar-refractivity contribution in [2.75, 3.05) is 13.2 Å². The molecule has 4 nitrogen and oxygen atoms in total. The predicted molar refractivity (Wildman–Crippen MR) is 109 cm³/mol. The standard InChI is InChI=1S/C24H34O4/c1-15(2)22(25)27-13-17-8-19-11-20(9-17)21-10-18(19)6-7-24(5,12-21)14-28-23(26)16(3)4/h10,17-20H,1,3,6-9,11-14H2,2,4-5H3. The van der Waals surface area contributed by atoms with Gasteiger partial charge >= 0.3 is 11.9 Å². The summed E-state index contributed by atoms with van der Waals surface area (Å²) in [5.74, 6) is 1.71. The molecule has 0 aromatic rings. The van der Waals surface area contributed by atoms with Gasteiger partial charge in [0.25, 0.3) is 0 Å². The monoisotopic (exact) mass is 386 g/mol. The third-order valence-electron chi connectivity index (χ3n) is 6.81. The van der Waals surface area contributed by atoms with Gasteiger partial charge in [0.1, 0.15) is 0 Å². The van der Waals surface area contributed by atoms with E-state index in [4.69, 9.17) is 9.47 Å². The maximum atomic E-state index is 11.9. The number of allylic oxidation sites excluding steroid dienone is 2. The van der Waals surface area contributed by atoms with E-state index in [0.29, 0.717) is 48.0 Å². The number of fused-ring (bicyclic) bond motifs is 5. The minimum atomic E-state index is -0.291. The van der Waals surface area contributed by atoms with E-state index in [0.717, 1.165) is 32.1 Å². The number of esters is 2. The zero-order valence-electron chi connectivity index (χ0n) is 17.6. The van der Waals surface area contributed by atoms with Crippen LogP contribution in [0.5, 0.6) is 0 Å². The Bertz CT molecular complexity index is 703. The van der Waals surface area contributed by atoms with Crippen molar-refractivity contribution in [3.63, 3.8) is 0 Å². The van der Waals surface area contributed by atoms with Crippen LogP contribution in [0.15, 0.2) is 36.0 Å². The van der Waals surface area contributed by atoms with Crippen molar-refractivity contribution in [2.45, 2.75) is 59.3 Å². The molecule has 5 atom stereocenters. The Hall–Kier alpha value is -1.84. The highest BCUT2D eigenvalue weighted by atomic mass is 16.5. The van der Waals surface area contributed by atoms with Crippen LogP contribution in [-0.4, -0.2) is 25.2 Å². The normalized spacial score (nSPS) is 33.9. The number of carbonyl (C=O) groups excluding carboxylic acids is 2. The van der Waals surface area contributed by atoms with Crippen LogP contribution in [-0.2, 0) is 19.1 Å². The van der Waals surface area contributed by atoms with Crippen LogP contribution >= 0.6 is 0 Å². The minimum Gasteiger partial charge on any atom is -0.462 e. The summed E-state index contributed by atoms with van der Waals surface area (Å²) in [6.45, 7) is 13.9. The number of ether oxygens (including phenoxy) is 2. The molecule has 0 aliphatic heterocycles. The summed E-state index contributed by atoms with van der Waals surface area (Å²) < 4.78 is 11.0. The lowest BCUT2D eigenvalue weighted by molar-refractivity contribution is -0.142. The quantitative estimate of drug-likeness (QED) is 0.366. The molecule has 4 bridgehead atoms. The number of hydrogen-bond donors (Lipinski definition) is 0. The van der Waals surface area contributed by atoms with Crippen molar-refractivity contribution in [1.29, 1.82) is 0 Å². The van der Waals surface area contributed by atoms with Crippen LogP contribution in [0.3, 0.4) is 0 Å². The summed E-state index contributed by atoms with van der Waals surface area (Å²) in [7, 11) is 0. The predicted octanol–water partition coefficient (Wildman–Crippen LogP) is 5.00. The molecular weight excluding hydrogens is 352 g/mol. The van der Waals surface area contributed by atoms with Gasteiger partial charge in [-0.3, -0.25) is 0 Å². The number of rotatable bonds is 6. The summed E-state index contributed by atoms with van der Waals surface area (Å²) in [4.78, 5) is 23.6. The Morgan fingerprint density at radius 2 is 1.79 bits per heavy atom. The Labute approximate surface area is 169 Å².